The molecule has 1 N–H and O–H groups in total. The molecular formula is C19H15BrN6OS2. The molecule has 0 unspecified atom stereocenters. The van der Waals surface area contributed by atoms with Crippen LogP contribution >= 0.6 is 39.0 Å². The number of aromatic nitrogens is 5. The van der Waals surface area contributed by atoms with Crippen molar-refractivity contribution in [2.45, 2.75) is 17.5 Å². The molecule has 0 aliphatic rings. The average molecular weight is 487 g/mol. The van der Waals surface area contributed by atoms with Crippen LogP contribution in [-0.4, -0.2) is 30.9 Å². The first-order valence-electron chi connectivity index (χ1n) is 8.61. The minimum Gasteiger partial charge on any atom is -0.346 e. The van der Waals surface area contributed by atoms with Crippen molar-refractivity contribution in [3.8, 4) is 5.69 Å². The molecule has 1 amide bonds. The van der Waals surface area contributed by atoms with Gasteiger partial charge in [-0.15, -0.1) is 16.4 Å². The van der Waals surface area contributed by atoms with E-state index < -0.39 is 0 Å². The molecule has 0 saturated carbocycles. The van der Waals surface area contributed by atoms with Crippen LogP contribution < -0.4 is 5.32 Å². The normalized spacial score (nSPS) is 10.8. The van der Waals surface area contributed by atoms with Gasteiger partial charge in [0.1, 0.15) is 0 Å². The molecule has 4 aromatic rings. The summed E-state index contributed by atoms with van der Waals surface area (Å²) in [7, 11) is 0. The summed E-state index contributed by atoms with van der Waals surface area (Å²) < 4.78 is 2.64. The van der Waals surface area contributed by atoms with Gasteiger partial charge in [-0.05, 0) is 41.8 Å². The van der Waals surface area contributed by atoms with Crippen molar-refractivity contribution in [3.05, 3.63) is 81.0 Å². The number of nitrogens with one attached hydrogen (secondary N) is 1. The fourth-order valence-corrected chi connectivity index (χ4v) is 4.26. The van der Waals surface area contributed by atoms with Crippen LogP contribution in [-0.2, 0) is 12.3 Å². The van der Waals surface area contributed by atoms with Gasteiger partial charge in [0.15, 0.2) is 10.9 Å². The monoisotopic (exact) mass is 486 g/mol. The number of thioether (sulfide) groups is 1. The molecule has 0 saturated heterocycles. The molecule has 3 aromatic heterocycles. The number of benzene rings is 1. The van der Waals surface area contributed by atoms with Gasteiger partial charge < -0.3 is 5.32 Å². The lowest BCUT2D eigenvalue weighted by Crippen LogP contribution is -2.24. The summed E-state index contributed by atoms with van der Waals surface area (Å²) in [6.07, 6.45) is 3.38. The van der Waals surface area contributed by atoms with Gasteiger partial charge in [0.2, 0.25) is 0 Å². The molecule has 29 heavy (non-hydrogen) atoms. The Kier molecular flexibility index (Phi) is 6.33. The molecule has 3 heterocycles. The molecule has 0 aliphatic carbocycles. The smallest absolute Gasteiger partial charge is 0.274 e. The highest BCUT2D eigenvalue weighted by Crippen LogP contribution is 2.23. The van der Waals surface area contributed by atoms with E-state index in [0.29, 0.717) is 28.8 Å². The molecular weight excluding hydrogens is 472 g/mol. The second kappa shape index (κ2) is 9.29. The Morgan fingerprint density at radius 1 is 1.14 bits per heavy atom. The molecule has 10 heteroatoms. The third-order valence-electron chi connectivity index (χ3n) is 3.93. The zero-order valence-electron chi connectivity index (χ0n) is 15.0. The van der Waals surface area contributed by atoms with Crippen LogP contribution in [0.25, 0.3) is 5.69 Å². The van der Waals surface area contributed by atoms with Gasteiger partial charge in [0.25, 0.3) is 5.91 Å². The highest BCUT2D eigenvalue weighted by atomic mass is 79.9. The number of halogens is 1. The summed E-state index contributed by atoms with van der Waals surface area (Å²) in [5.41, 5.74) is 1.81. The van der Waals surface area contributed by atoms with Crippen LogP contribution in [0.15, 0.2) is 69.9 Å². The zero-order chi connectivity index (χ0) is 20.1. The highest BCUT2D eigenvalue weighted by molar-refractivity contribution is 9.10. The van der Waals surface area contributed by atoms with E-state index in [1.54, 1.807) is 34.5 Å². The van der Waals surface area contributed by atoms with Crippen molar-refractivity contribution in [1.82, 2.24) is 30.3 Å². The van der Waals surface area contributed by atoms with E-state index >= 15 is 0 Å². The third kappa shape index (κ3) is 4.89. The molecule has 146 valence electrons. The summed E-state index contributed by atoms with van der Waals surface area (Å²) in [6, 6.07) is 13.4. The van der Waals surface area contributed by atoms with Gasteiger partial charge in [-0.3, -0.25) is 4.79 Å². The van der Waals surface area contributed by atoms with Gasteiger partial charge in [0, 0.05) is 27.5 Å². The van der Waals surface area contributed by atoms with Crippen molar-refractivity contribution < 1.29 is 4.79 Å². The summed E-state index contributed by atoms with van der Waals surface area (Å²) in [4.78, 5) is 22.3. The molecule has 4 rings (SSSR count). The SMILES string of the molecule is O=C(NCc1cccs1)c1nnn(-c2ccc(Br)cc2)c1CSc1ncccn1. The van der Waals surface area contributed by atoms with Crippen LogP contribution in [0.2, 0.25) is 0 Å². The minimum atomic E-state index is -0.258. The number of rotatable bonds is 7. The van der Waals surface area contributed by atoms with Gasteiger partial charge in [-0.2, -0.15) is 0 Å². The van der Waals surface area contributed by atoms with Crippen LogP contribution in [0.3, 0.4) is 0 Å². The maximum absolute atomic E-state index is 12.8. The van der Waals surface area contributed by atoms with E-state index in [1.165, 1.54) is 11.8 Å². The predicted octanol–water partition coefficient (Wildman–Crippen LogP) is 4.10. The van der Waals surface area contributed by atoms with E-state index in [9.17, 15) is 4.79 Å². The largest absolute Gasteiger partial charge is 0.346 e. The van der Waals surface area contributed by atoms with Gasteiger partial charge in [-0.25, -0.2) is 14.6 Å². The summed E-state index contributed by atoms with van der Waals surface area (Å²) in [5, 5.41) is 13.9. The Hall–Kier alpha value is -2.56. The van der Waals surface area contributed by atoms with Crippen LogP contribution in [0, 0.1) is 0 Å². The summed E-state index contributed by atoms with van der Waals surface area (Å²) >= 11 is 6.46. The number of carbonyl (C=O) groups is 1. The van der Waals surface area contributed by atoms with E-state index in [4.69, 9.17) is 0 Å². The van der Waals surface area contributed by atoms with Crippen LogP contribution in [0.4, 0.5) is 0 Å². The number of nitrogens with zero attached hydrogens (tertiary/aromatic N) is 5. The second-order valence-electron chi connectivity index (χ2n) is 5.86. The van der Waals surface area contributed by atoms with Gasteiger partial charge in [-0.1, -0.05) is 39.0 Å². The van der Waals surface area contributed by atoms with Crippen molar-refractivity contribution in [2.24, 2.45) is 0 Å². The van der Waals surface area contributed by atoms with Crippen LogP contribution in [0.1, 0.15) is 21.1 Å². The van der Waals surface area contributed by atoms with Crippen molar-refractivity contribution in [3.63, 3.8) is 0 Å². The van der Waals surface area contributed by atoms with Gasteiger partial charge >= 0.3 is 0 Å². The lowest BCUT2D eigenvalue weighted by Gasteiger charge is -2.08. The fraction of sp³-hybridized carbons (Fsp3) is 0.105. The van der Waals surface area contributed by atoms with E-state index in [1.807, 2.05) is 41.8 Å². The van der Waals surface area contributed by atoms with Crippen molar-refractivity contribution in [1.29, 1.82) is 0 Å². The molecule has 0 atom stereocenters. The third-order valence-corrected chi connectivity index (χ3v) is 6.22. The maximum atomic E-state index is 12.8. The van der Waals surface area contributed by atoms with Crippen LogP contribution in [0.5, 0.6) is 0 Å². The average Bonchev–Trinajstić information content (AvgIpc) is 3.42. The predicted molar refractivity (Wildman–Crippen MR) is 116 cm³/mol. The number of hydrogen-bond donors (Lipinski definition) is 1. The summed E-state index contributed by atoms with van der Waals surface area (Å²) in [5.74, 6) is 0.195. The lowest BCUT2D eigenvalue weighted by molar-refractivity contribution is 0.0945. The zero-order valence-corrected chi connectivity index (χ0v) is 18.2. The minimum absolute atomic E-state index is 0.258. The van der Waals surface area contributed by atoms with E-state index in [2.05, 4.69) is 41.5 Å². The van der Waals surface area contributed by atoms with E-state index in [0.717, 1.165) is 15.0 Å². The Morgan fingerprint density at radius 3 is 2.66 bits per heavy atom. The molecule has 0 spiro atoms. The molecule has 0 radical (unpaired) electrons. The number of thiophene rings is 1. The van der Waals surface area contributed by atoms with Gasteiger partial charge in [0.05, 0.1) is 17.9 Å². The van der Waals surface area contributed by atoms with Crippen molar-refractivity contribution in [2.75, 3.05) is 0 Å². The maximum Gasteiger partial charge on any atom is 0.274 e. The molecule has 1 aromatic carbocycles. The lowest BCUT2D eigenvalue weighted by atomic mass is 10.3. The second-order valence-corrected chi connectivity index (χ2v) is 8.75. The number of hydrogen-bond acceptors (Lipinski definition) is 7. The van der Waals surface area contributed by atoms with E-state index in [-0.39, 0.29) is 5.91 Å². The Morgan fingerprint density at radius 2 is 1.93 bits per heavy atom. The highest BCUT2D eigenvalue weighted by Gasteiger charge is 2.21. The molecule has 7 nitrogen and oxygen atoms in total. The Balaban J connectivity index is 1.60. The first-order chi connectivity index (χ1) is 14.2. The first kappa shape index (κ1) is 19.7. The number of amides is 1. The molecule has 0 bridgehead atoms. The standard InChI is InChI=1S/C19H15BrN6OS2/c20-13-4-6-14(7-5-13)26-16(12-29-19-21-8-2-9-22-19)17(24-25-26)18(27)23-11-15-3-1-10-28-15/h1-10H,11-12H2,(H,23,27). The Bertz CT molecular complexity index is 1080. The quantitative estimate of drug-likeness (QED) is 0.312. The topological polar surface area (TPSA) is 85.6 Å². The molecule has 0 fully saturated rings. The number of carbonyl (C=O) groups excluding carboxylic acids is 1. The fourth-order valence-electron chi connectivity index (χ4n) is 2.55. The van der Waals surface area contributed by atoms with Crippen molar-refractivity contribution >= 4 is 44.9 Å². The molecule has 0 aliphatic heterocycles. The first-order valence-corrected chi connectivity index (χ1v) is 11.3. The summed E-state index contributed by atoms with van der Waals surface area (Å²) in [6.45, 7) is 0.454. The Labute approximate surface area is 183 Å².